The monoisotopic (exact) mass is 441 g/mol. The van der Waals surface area contributed by atoms with Gasteiger partial charge in [0.25, 0.3) is 5.56 Å². The second kappa shape index (κ2) is 8.01. The van der Waals surface area contributed by atoms with Crippen LogP contribution in [0.2, 0.25) is 0 Å². The number of fused-ring (bicyclic) bond motifs is 2. The number of likely N-dealkylation sites (tertiary alicyclic amines) is 1. The summed E-state index contributed by atoms with van der Waals surface area (Å²) in [5, 5.41) is 8.85. The van der Waals surface area contributed by atoms with Gasteiger partial charge >= 0.3 is 0 Å². The number of piperidine rings is 1. The van der Waals surface area contributed by atoms with Gasteiger partial charge in [-0.3, -0.25) is 14.8 Å². The molecule has 0 spiro atoms. The van der Waals surface area contributed by atoms with E-state index in [1.54, 1.807) is 6.20 Å². The van der Waals surface area contributed by atoms with Crippen LogP contribution in [0.3, 0.4) is 0 Å². The molecule has 0 aliphatic carbocycles. The third kappa shape index (κ3) is 3.85. The standard InChI is InChI=1S/C26H24FN5O/c27-21-2-1-7-32(15-21)14-16-3-5-23-18(8-16)11-25(30-23)22-10-19-9-17(20-12-28-29-13-20)4-6-24(19)31-26(22)33/h3-6,8-13,21,30H,1-2,7,14-15H2,(H,28,29)(H,31,33). The van der Waals surface area contributed by atoms with Crippen LogP contribution in [-0.2, 0) is 6.54 Å². The largest absolute Gasteiger partial charge is 0.354 e. The molecule has 6 rings (SSSR count). The van der Waals surface area contributed by atoms with Gasteiger partial charge in [-0.05, 0) is 72.3 Å². The molecule has 1 fully saturated rings. The normalized spacial score (nSPS) is 17.2. The van der Waals surface area contributed by atoms with Gasteiger partial charge in [-0.2, -0.15) is 5.10 Å². The second-order valence-electron chi connectivity index (χ2n) is 8.88. The fourth-order valence-electron chi connectivity index (χ4n) is 4.82. The van der Waals surface area contributed by atoms with Crippen molar-refractivity contribution in [3.63, 3.8) is 0 Å². The van der Waals surface area contributed by atoms with Crippen molar-refractivity contribution in [3.05, 3.63) is 76.8 Å². The highest BCUT2D eigenvalue weighted by Gasteiger charge is 2.19. The van der Waals surface area contributed by atoms with Gasteiger partial charge < -0.3 is 9.97 Å². The van der Waals surface area contributed by atoms with Crippen LogP contribution in [0, 0.1) is 0 Å². The van der Waals surface area contributed by atoms with Crippen molar-refractivity contribution in [3.8, 4) is 22.4 Å². The molecule has 0 amide bonds. The van der Waals surface area contributed by atoms with E-state index in [2.05, 4.69) is 43.3 Å². The summed E-state index contributed by atoms with van der Waals surface area (Å²) >= 11 is 0. The number of halogens is 1. The third-order valence-electron chi connectivity index (χ3n) is 6.51. The molecule has 2 aromatic carbocycles. The van der Waals surface area contributed by atoms with Crippen molar-refractivity contribution in [1.82, 2.24) is 25.1 Å². The number of alkyl halides is 1. The fraction of sp³-hybridized carbons (Fsp3) is 0.231. The van der Waals surface area contributed by atoms with Crippen LogP contribution < -0.4 is 5.56 Å². The summed E-state index contributed by atoms with van der Waals surface area (Å²) < 4.78 is 13.8. The number of H-pyrrole nitrogens is 3. The van der Waals surface area contributed by atoms with E-state index in [1.165, 1.54) is 0 Å². The third-order valence-corrected chi connectivity index (χ3v) is 6.51. The van der Waals surface area contributed by atoms with Crippen LogP contribution in [0.1, 0.15) is 18.4 Å². The number of hydrogen-bond donors (Lipinski definition) is 3. The molecule has 1 atom stereocenters. The molecule has 3 N–H and O–H groups in total. The smallest absolute Gasteiger partial charge is 0.257 e. The molecule has 6 nitrogen and oxygen atoms in total. The van der Waals surface area contributed by atoms with Crippen LogP contribution in [0.25, 0.3) is 44.2 Å². The highest BCUT2D eigenvalue weighted by Crippen LogP contribution is 2.28. The molecule has 7 heteroatoms. The van der Waals surface area contributed by atoms with Gasteiger partial charge in [-0.1, -0.05) is 12.1 Å². The van der Waals surface area contributed by atoms with E-state index in [1.807, 2.05) is 36.5 Å². The quantitative estimate of drug-likeness (QED) is 0.367. The highest BCUT2D eigenvalue weighted by atomic mass is 19.1. The number of pyridine rings is 1. The van der Waals surface area contributed by atoms with Gasteiger partial charge in [0.2, 0.25) is 0 Å². The van der Waals surface area contributed by atoms with Crippen LogP contribution >= 0.6 is 0 Å². The topological polar surface area (TPSA) is 80.6 Å². The second-order valence-corrected chi connectivity index (χ2v) is 8.88. The Morgan fingerprint density at radius 1 is 1.00 bits per heavy atom. The maximum atomic E-state index is 13.8. The molecule has 166 valence electrons. The Labute approximate surface area is 189 Å². The summed E-state index contributed by atoms with van der Waals surface area (Å²) in [6, 6.07) is 16.1. The van der Waals surface area contributed by atoms with Gasteiger partial charge in [0, 0.05) is 41.3 Å². The van der Waals surface area contributed by atoms with E-state index in [9.17, 15) is 9.18 Å². The minimum absolute atomic E-state index is 0.132. The van der Waals surface area contributed by atoms with Crippen LogP contribution in [0.4, 0.5) is 4.39 Å². The molecule has 33 heavy (non-hydrogen) atoms. The molecule has 4 heterocycles. The Morgan fingerprint density at radius 3 is 2.70 bits per heavy atom. The van der Waals surface area contributed by atoms with Gasteiger partial charge in [-0.15, -0.1) is 0 Å². The van der Waals surface area contributed by atoms with E-state index >= 15 is 0 Å². The average Bonchev–Trinajstić information content (AvgIpc) is 3.48. The number of aromatic amines is 3. The van der Waals surface area contributed by atoms with E-state index < -0.39 is 6.17 Å². The van der Waals surface area contributed by atoms with E-state index in [4.69, 9.17) is 0 Å². The van der Waals surface area contributed by atoms with Crippen LogP contribution in [-0.4, -0.2) is 44.3 Å². The first kappa shape index (κ1) is 19.9. The molecule has 1 saturated heterocycles. The van der Waals surface area contributed by atoms with Crippen molar-refractivity contribution >= 4 is 21.8 Å². The van der Waals surface area contributed by atoms with Gasteiger partial charge in [-0.25, -0.2) is 4.39 Å². The SMILES string of the molecule is O=c1[nH]c2ccc(-c3cn[nH]c3)cc2cc1-c1cc2cc(CN3CCCC(F)C3)ccc2[nH]1. The van der Waals surface area contributed by atoms with Crippen molar-refractivity contribution in [2.75, 3.05) is 13.1 Å². The number of nitrogens with one attached hydrogen (secondary N) is 3. The summed E-state index contributed by atoms with van der Waals surface area (Å²) in [6.07, 6.45) is 4.47. The lowest BCUT2D eigenvalue weighted by Gasteiger charge is -2.28. The Kier molecular flexibility index (Phi) is 4.84. The maximum Gasteiger partial charge on any atom is 0.257 e. The lowest BCUT2D eigenvalue weighted by Crippen LogP contribution is -2.35. The van der Waals surface area contributed by atoms with Crippen molar-refractivity contribution in [2.45, 2.75) is 25.6 Å². The zero-order chi connectivity index (χ0) is 22.4. The summed E-state index contributed by atoms with van der Waals surface area (Å²) in [7, 11) is 0. The van der Waals surface area contributed by atoms with Crippen LogP contribution in [0.5, 0.6) is 0 Å². The summed E-state index contributed by atoms with van der Waals surface area (Å²) in [5.41, 5.74) is 6.19. The van der Waals surface area contributed by atoms with E-state index in [-0.39, 0.29) is 5.56 Å². The highest BCUT2D eigenvalue weighted by molar-refractivity contribution is 5.90. The van der Waals surface area contributed by atoms with Crippen molar-refractivity contribution in [1.29, 1.82) is 0 Å². The molecule has 3 aromatic heterocycles. The first-order chi connectivity index (χ1) is 16.1. The molecule has 1 aliphatic heterocycles. The molecule has 0 bridgehead atoms. The van der Waals surface area contributed by atoms with Gasteiger partial charge in [0.05, 0.1) is 17.5 Å². The zero-order valence-electron chi connectivity index (χ0n) is 18.1. The van der Waals surface area contributed by atoms with Crippen molar-refractivity contribution < 1.29 is 4.39 Å². The number of nitrogens with zero attached hydrogens (tertiary/aromatic N) is 2. The average molecular weight is 442 g/mol. The number of benzene rings is 2. The predicted molar refractivity (Wildman–Crippen MR) is 129 cm³/mol. The van der Waals surface area contributed by atoms with Crippen molar-refractivity contribution in [2.24, 2.45) is 0 Å². The number of aromatic nitrogens is 4. The summed E-state index contributed by atoms with van der Waals surface area (Å²) in [5.74, 6) is 0. The molecule has 0 saturated carbocycles. The minimum Gasteiger partial charge on any atom is -0.354 e. The Hall–Kier alpha value is -3.71. The Balaban J connectivity index is 1.35. The summed E-state index contributed by atoms with van der Waals surface area (Å²) in [4.78, 5) is 21.4. The molecule has 1 aliphatic rings. The molecular formula is C26H24FN5O. The van der Waals surface area contributed by atoms with E-state index in [0.29, 0.717) is 18.5 Å². The van der Waals surface area contributed by atoms with E-state index in [0.717, 1.165) is 63.7 Å². The molecule has 0 radical (unpaired) electrons. The number of hydrogen-bond acceptors (Lipinski definition) is 3. The Bertz CT molecular complexity index is 1500. The summed E-state index contributed by atoms with van der Waals surface area (Å²) in [6.45, 7) is 2.18. The minimum atomic E-state index is -0.727. The predicted octanol–water partition coefficient (Wildman–Crippen LogP) is 5.00. The number of rotatable bonds is 4. The first-order valence-electron chi connectivity index (χ1n) is 11.3. The lowest BCUT2D eigenvalue weighted by atomic mass is 10.0. The zero-order valence-corrected chi connectivity index (χ0v) is 18.1. The maximum absolute atomic E-state index is 13.8. The Morgan fingerprint density at radius 2 is 1.85 bits per heavy atom. The molecule has 5 aromatic rings. The van der Waals surface area contributed by atoms with Crippen LogP contribution in [0.15, 0.2) is 65.7 Å². The van der Waals surface area contributed by atoms with Gasteiger partial charge in [0.1, 0.15) is 6.17 Å². The molecule has 1 unspecified atom stereocenters. The first-order valence-corrected chi connectivity index (χ1v) is 11.3. The lowest BCUT2D eigenvalue weighted by molar-refractivity contribution is 0.133. The molecular weight excluding hydrogens is 417 g/mol. The van der Waals surface area contributed by atoms with Gasteiger partial charge in [0.15, 0.2) is 0 Å². The fourth-order valence-corrected chi connectivity index (χ4v) is 4.82.